The topological polar surface area (TPSA) is 129 Å². The number of carbonyl (C=O) groups excluding carboxylic acids is 2. The Hall–Kier alpha value is -4.69. The molecule has 0 aliphatic carbocycles. The van der Waals surface area contributed by atoms with Crippen LogP contribution in [-0.4, -0.2) is 95.6 Å². The Labute approximate surface area is 245 Å². The van der Waals surface area contributed by atoms with Gasteiger partial charge in [0, 0.05) is 56.8 Å². The second-order valence-corrected chi connectivity index (χ2v) is 10.9. The third-order valence-corrected chi connectivity index (χ3v) is 8.08. The molecule has 11 nitrogen and oxygen atoms in total. The number of nitrogens with zero attached hydrogens (tertiary/aromatic N) is 7. The largest absolute Gasteiger partial charge is 0.508 e. The van der Waals surface area contributed by atoms with Crippen LogP contribution in [0.3, 0.4) is 0 Å². The predicted molar refractivity (Wildman–Crippen MR) is 163 cm³/mol. The summed E-state index contributed by atoms with van der Waals surface area (Å²) in [6.07, 6.45) is 3.48. The number of rotatable bonds is 7. The van der Waals surface area contributed by atoms with E-state index in [0.29, 0.717) is 37.1 Å². The molecule has 0 spiro atoms. The first-order chi connectivity index (χ1) is 20.3. The van der Waals surface area contributed by atoms with E-state index in [2.05, 4.69) is 29.9 Å². The lowest BCUT2D eigenvalue weighted by molar-refractivity contribution is -0.128. The number of hydrogen-bond donors (Lipinski definition) is 2. The number of fused-ring (bicyclic) bond motifs is 1. The van der Waals surface area contributed by atoms with E-state index in [1.54, 1.807) is 17.0 Å². The fourth-order valence-electron chi connectivity index (χ4n) is 5.81. The summed E-state index contributed by atoms with van der Waals surface area (Å²) in [5, 5.41) is 24.3. The number of hydrogen-bond acceptors (Lipinski definition) is 9. The van der Waals surface area contributed by atoms with Gasteiger partial charge >= 0.3 is 0 Å². The molecule has 2 amide bonds. The molecule has 2 aromatic carbocycles. The zero-order valence-electron chi connectivity index (χ0n) is 24.0. The molecule has 0 saturated carbocycles. The van der Waals surface area contributed by atoms with Crippen LogP contribution < -0.4 is 15.1 Å². The minimum atomic E-state index is -0.432. The molecule has 1 aromatic heterocycles. The van der Waals surface area contributed by atoms with Crippen LogP contribution in [0.5, 0.6) is 5.75 Å². The molecule has 2 fully saturated rings. The smallest absolute Gasteiger partial charge is 0.274 e. The van der Waals surface area contributed by atoms with Crippen LogP contribution in [0.1, 0.15) is 29.8 Å². The van der Waals surface area contributed by atoms with Gasteiger partial charge in [0.05, 0.1) is 24.2 Å². The van der Waals surface area contributed by atoms with E-state index >= 15 is 0 Å². The highest BCUT2D eigenvalue weighted by Crippen LogP contribution is 2.30. The van der Waals surface area contributed by atoms with Crippen LogP contribution >= 0.6 is 0 Å². The second kappa shape index (κ2) is 12.4. The monoisotopic (exact) mass is 568 g/mol. The van der Waals surface area contributed by atoms with Crippen molar-refractivity contribution in [3.8, 4) is 11.8 Å². The molecule has 218 valence electrons. The minimum absolute atomic E-state index is 0.0460. The maximum absolute atomic E-state index is 13.7. The van der Waals surface area contributed by atoms with Crippen LogP contribution in [0, 0.1) is 11.3 Å². The van der Waals surface area contributed by atoms with Crippen molar-refractivity contribution in [1.82, 2.24) is 19.8 Å². The summed E-state index contributed by atoms with van der Waals surface area (Å²) in [5.74, 6) is 0.386. The van der Waals surface area contributed by atoms with Crippen LogP contribution in [-0.2, 0) is 4.79 Å². The van der Waals surface area contributed by atoms with Gasteiger partial charge in [-0.2, -0.15) is 10.2 Å². The number of likely N-dealkylation sites (N-methyl/N-ethyl adjacent to an activating group) is 2. The van der Waals surface area contributed by atoms with E-state index in [1.807, 2.05) is 41.1 Å². The third-order valence-electron chi connectivity index (χ3n) is 8.08. The quantitative estimate of drug-likeness (QED) is 0.413. The van der Waals surface area contributed by atoms with Crippen molar-refractivity contribution in [2.24, 2.45) is 0 Å². The number of phenols is 1. The highest BCUT2D eigenvalue weighted by Gasteiger charge is 2.31. The fourth-order valence-corrected chi connectivity index (χ4v) is 5.81. The molecule has 11 heteroatoms. The summed E-state index contributed by atoms with van der Waals surface area (Å²) >= 11 is 0. The van der Waals surface area contributed by atoms with Crippen molar-refractivity contribution in [2.75, 3.05) is 61.9 Å². The maximum atomic E-state index is 13.7. The average molecular weight is 569 g/mol. The molecule has 3 aromatic rings. The summed E-state index contributed by atoms with van der Waals surface area (Å²) in [7, 11) is 4.04. The molecule has 3 heterocycles. The number of benzene rings is 2. The Morgan fingerprint density at radius 3 is 2.76 bits per heavy atom. The number of aromatic hydroxyl groups is 1. The summed E-state index contributed by atoms with van der Waals surface area (Å²) in [6, 6.07) is 14.4. The maximum Gasteiger partial charge on any atom is 0.274 e. The predicted octanol–water partition coefficient (Wildman–Crippen LogP) is 3.23. The normalized spacial score (nSPS) is 19.3. The van der Waals surface area contributed by atoms with E-state index in [1.165, 1.54) is 12.1 Å². The highest BCUT2D eigenvalue weighted by molar-refractivity contribution is 6.09. The Morgan fingerprint density at radius 2 is 2.00 bits per heavy atom. The van der Waals surface area contributed by atoms with E-state index in [0.717, 1.165) is 36.7 Å². The molecule has 2 aliphatic heterocycles. The molecule has 42 heavy (non-hydrogen) atoms. The van der Waals surface area contributed by atoms with Crippen molar-refractivity contribution in [3.05, 3.63) is 60.8 Å². The van der Waals surface area contributed by atoms with Crippen molar-refractivity contribution in [1.29, 1.82) is 5.26 Å². The Morgan fingerprint density at radius 1 is 1.19 bits per heavy atom. The lowest BCUT2D eigenvalue weighted by Gasteiger charge is -2.41. The van der Waals surface area contributed by atoms with Crippen LogP contribution in [0.4, 0.5) is 17.5 Å². The number of anilines is 3. The molecule has 2 N–H and O–H groups in total. The van der Waals surface area contributed by atoms with Crippen molar-refractivity contribution < 1.29 is 14.7 Å². The van der Waals surface area contributed by atoms with Gasteiger partial charge in [-0.05, 0) is 44.0 Å². The van der Waals surface area contributed by atoms with Crippen molar-refractivity contribution >= 4 is 40.0 Å². The molecular formula is C31H36N8O3. The number of aromatic nitrogens is 2. The summed E-state index contributed by atoms with van der Waals surface area (Å²) in [6.45, 7) is 6.75. The Balaban J connectivity index is 1.50. The van der Waals surface area contributed by atoms with Gasteiger partial charge in [-0.3, -0.25) is 9.59 Å². The Kier molecular flexibility index (Phi) is 8.54. The summed E-state index contributed by atoms with van der Waals surface area (Å²) in [5.41, 5.74) is 0.657. The van der Waals surface area contributed by atoms with Gasteiger partial charge in [0.2, 0.25) is 11.9 Å². The summed E-state index contributed by atoms with van der Waals surface area (Å²) < 4.78 is 0. The van der Waals surface area contributed by atoms with Gasteiger partial charge in [-0.1, -0.05) is 30.8 Å². The number of carbonyl (C=O) groups is 2. The highest BCUT2D eigenvalue weighted by atomic mass is 16.3. The standard InChI is InChI=1S/C31H36N8O3/c1-4-29(41)39-15-14-38(20-23(39)11-12-32)28-18-27(34-31(35-28)37(3)22-9-7-13-36(2)19-22)30(42)33-26-17-24(40)16-21-8-5-6-10-25(21)26/h4-6,8,10,16-18,22-23,40H,1,7,9,11,13-15,19-20H2,2-3H3,(H,33,42)/t22?,23-/m0/s1. The van der Waals surface area contributed by atoms with E-state index in [4.69, 9.17) is 9.97 Å². The fraction of sp³-hybridized carbons (Fsp3) is 0.387. The molecule has 0 bridgehead atoms. The molecule has 5 rings (SSSR count). The van der Waals surface area contributed by atoms with Gasteiger partial charge < -0.3 is 30.0 Å². The Bertz CT molecular complexity index is 1540. The van der Waals surface area contributed by atoms with E-state index < -0.39 is 5.91 Å². The van der Waals surface area contributed by atoms with Crippen molar-refractivity contribution in [3.63, 3.8) is 0 Å². The lowest BCUT2D eigenvalue weighted by Crippen LogP contribution is -2.55. The first kappa shape index (κ1) is 28.8. The van der Waals surface area contributed by atoms with Crippen LogP contribution in [0.25, 0.3) is 10.8 Å². The first-order valence-corrected chi connectivity index (χ1v) is 14.2. The van der Waals surface area contributed by atoms with Gasteiger partial charge in [0.1, 0.15) is 17.3 Å². The van der Waals surface area contributed by atoms with Crippen molar-refractivity contribution in [2.45, 2.75) is 31.3 Å². The van der Waals surface area contributed by atoms with E-state index in [-0.39, 0.29) is 35.9 Å². The lowest BCUT2D eigenvalue weighted by atomic mass is 10.1. The number of piperidine rings is 1. The number of piperazine rings is 1. The number of nitrogens with one attached hydrogen (secondary N) is 1. The number of likely N-dealkylation sites (tertiary alicyclic amines) is 1. The van der Waals surface area contributed by atoms with Crippen LogP contribution in [0.2, 0.25) is 0 Å². The molecule has 2 saturated heterocycles. The number of nitriles is 1. The second-order valence-electron chi connectivity index (χ2n) is 10.9. The average Bonchev–Trinajstić information content (AvgIpc) is 3.00. The first-order valence-electron chi connectivity index (χ1n) is 14.2. The van der Waals surface area contributed by atoms with Gasteiger partial charge in [0.25, 0.3) is 5.91 Å². The molecule has 1 unspecified atom stereocenters. The van der Waals surface area contributed by atoms with Gasteiger partial charge in [0.15, 0.2) is 0 Å². The number of amides is 2. The summed E-state index contributed by atoms with van der Waals surface area (Å²) in [4.78, 5) is 43.7. The molecule has 2 atom stereocenters. The molecule has 0 radical (unpaired) electrons. The van der Waals surface area contributed by atoms with Gasteiger partial charge in [-0.15, -0.1) is 0 Å². The zero-order valence-corrected chi connectivity index (χ0v) is 24.0. The SMILES string of the molecule is C=CC(=O)N1CCN(c2cc(C(=O)Nc3cc(O)cc4ccccc34)nc(N(C)C3CCCN(C)C3)n2)C[C@@H]1CC#N. The number of phenolic OH excluding ortho intramolecular Hbond substituents is 1. The molecule has 2 aliphatic rings. The third kappa shape index (κ3) is 6.14. The van der Waals surface area contributed by atoms with Gasteiger partial charge in [-0.25, -0.2) is 4.98 Å². The minimum Gasteiger partial charge on any atom is -0.508 e. The van der Waals surface area contributed by atoms with Crippen LogP contribution in [0.15, 0.2) is 55.1 Å². The van der Waals surface area contributed by atoms with E-state index in [9.17, 15) is 20.0 Å². The zero-order chi connectivity index (χ0) is 29.8. The molecular weight excluding hydrogens is 532 g/mol.